The minimum absolute atomic E-state index is 0.294. The van der Waals surface area contributed by atoms with Crippen LogP contribution in [0.4, 0.5) is 0 Å². The molecule has 0 fully saturated rings. The van der Waals surface area contributed by atoms with Crippen molar-refractivity contribution in [3.05, 3.63) is 11.6 Å². The number of carbonyl (C=O) groups is 1. The second kappa shape index (κ2) is 3.72. The second-order valence-electron chi connectivity index (χ2n) is 3.02. The molecule has 1 heterocycles. The van der Waals surface area contributed by atoms with E-state index in [9.17, 15) is 4.79 Å². The molecule has 0 amide bonds. The lowest BCUT2D eigenvalue weighted by atomic mass is 10.0. The SMILES string of the molecule is CCOC1OC(=O)C=C1C(C)C. The summed E-state index contributed by atoms with van der Waals surface area (Å²) >= 11 is 0. The van der Waals surface area contributed by atoms with Gasteiger partial charge in [0.15, 0.2) is 0 Å². The van der Waals surface area contributed by atoms with E-state index in [1.165, 1.54) is 6.08 Å². The van der Waals surface area contributed by atoms with Gasteiger partial charge in [0.25, 0.3) is 0 Å². The predicted molar refractivity (Wildman–Crippen MR) is 44.4 cm³/mol. The van der Waals surface area contributed by atoms with E-state index in [1.807, 2.05) is 20.8 Å². The Hall–Kier alpha value is -0.830. The summed E-state index contributed by atoms with van der Waals surface area (Å²) in [5, 5.41) is 0. The molecule has 0 aromatic carbocycles. The van der Waals surface area contributed by atoms with Gasteiger partial charge < -0.3 is 9.47 Å². The third-order valence-corrected chi connectivity index (χ3v) is 1.76. The van der Waals surface area contributed by atoms with Crippen LogP contribution in [0.25, 0.3) is 0 Å². The number of cyclic esters (lactones) is 1. The van der Waals surface area contributed by atoms with E-state index in [-0.39, 0.29) is 5.97 Å². The first-order chi connectivity index (χ1) is 5.65. The zero-order valence-electron chi connectivity index (χ0n) is 7.66. The van der Waals surface area contributed by atoms with Crippen LogP contribution in [-0.4, -0.2) is 18.9 Å². The summed E-state index contributed by atoms with van der Waals surface area (Å²) in [6.45, 7) is 6.46. The van der Waals surface area contributed by atoms with Crippen LogP contribution in [0.15, 0.2) is 11.6 Å². The molecule has 0 spiro atoms. The fourth-order valence-corrected chi connectivity index (χ4v) is 1.13. The molecule has 3 nitrogen and oxygen atoms in total. The predicted octanol–water partition coefficient (Wildman–Crippen LogP) is 1.49. The first kappa shape index (κ1) is 9.26. The van der Waals surface area contributed by atoms with E-state index in [0.717, 1.165) is 5.57 Å². The first-order valence-electron chi connectivity index (χ1n) is 4.18. The summed E-state index contributed by atoms with van der Waals surface area (Å²) < 4.78 is 10.2. The molecule has 3 heteroatoms. The second-order valence-corrected chi connectivity index (χ2v) is 3.02. The third-order valence-electron chi connectivity index (χ3n) is 1.76. The maximum atomic E-state index is 10.9. The quantitative estimate of drug-likeness (QED) is 0.602. The van der Waals surface area contributed by atoms with Crippen LogP contribution in [0.3, 0.4) is 0 Å². The minimum atomic E-state index is -0.442. The van der Waals surface area contributed by atoms with Gasteiger partial charge in [-0.05, 0) is 12.8 Å². The maximum Gasteiger partial charge on any atom is 0.333 e. The van der Waals surface area contributed by atoms with Gasteiger partial charge in [0.2, 0.25) is 6.29 Å². The summed E-state index contributed by atoms with van der Waals surface area (Å²) in [5.41, 5.74) is 0.932. The molecule has 12 heavy (non-hydrogen) atoms. The fraction of sp³-hybridized carbons (Fsp3) is 0.667. The van der Waals surface area contributed by atoms with Gasteiger partial charge >= 0.3 is 5.97 Å². The van der Waals surface area contributed by atoms with Gasteiger partial charge in [0.05, 0.1) is 0 Å². The van der Waals surface area contributed by atoms with Crippen LogP contribution < -0.4 is 0 Å². The molecule has 0 saturated carbocycles. The molecule has 0 bridgehead atoms. The van der Waals surface area contributed by atoms with Gasteiger partial charge in [-0.15, -0.1) is 0 Å². The Morgan fingerprint density at radius 2 is 2.33 bits per heavy atom. The van der Waals surface area contributed by atoms with Crippen molar-refractivity contribution in [2.24, 2.45) is 5.92 Å². The maximum absolute atomic E-state index is 10.9. The normalized spacial score (nSPS) is 22.8. The topological polar surface area (TPSA) is 35.5 Å². The van der Waals surface area contributed by atoms with Crippen LogP contribution in [-0.2, 0) is 14.3 Å². The van der Waals surface area contributed by atoms with Gasteiger partial charge in [0.1, 0.15) is 0 Å². The van der Waals surface area contributed by atoms with E-state index in [2.05, 4.69) is 0 Å². The molecular weight excluding hydrogens is 156 g/mol. The molecule has 1 aliphatic rings. The highest BCUT2D eigenvalue weighted by Crippen LogP contribution is 2.23. The van der Waals surface area contributed by atoms with Crippen LogP contribution in [0.1, 0.15) is 20.8 Å². The molecule has 1 aliphatic heterocycles. The lowest BCUT2D eigenvalue weighted by Gasteiger charge is -2.15. The summed E-state index contributed by atoms with van der Waals surface area (Å²) in [7, 11) is 0. The number of carbonyl (C=O) groups excluding carboxylic acids is 1. The van der Waals surface area contributed by atoms with Crippen LogP contribution in [0.5, 0.6) is 0 Å². The molecule has 1 atom stereocenters. The highest BCUT2D eigenvalue weighted by atomic mass is 16.7. The van der Waals surface area contributed by atoms with Gasteiger partial charge in [-0.3, -0.25) is 0 Å². The molecule has 1 unspecified atom stereocenters. The largest absolute Gasteiger partial charge is 0.428 e. The van der Waals surface area contributed by atoms with Gasteiger partial charge in [0, 0.05) is 18.3 Å². The molecule has 0 aliphatic carbocycles. The Kier molecular flexibility index (Phi) is 2.87. The number of rotatable bonds is 3. The summed E-state index contributed by atoms with van der Waals surface area (Å²) in [4.78, 5) is 10.9. The molecule has 68 valence electrons. The Morgan fingerprint density at radius 1 is 1.67 bits per heavy atom. The molecule has 0 aromatic rings. The number of esters is 1. The summed E-state index contributed by atoms with van der Waals surface area (Å²) in [5.74, 6) is 0.00477. The Labute approximate surface area is 72.4 Å². The van der Waals surface area contributed by atoms with E-state index in [4.69, 9.17) is 9.47 Å². The van der Waals surface area contributed by atoms with Crippen LogP contribution in [0.2, 0.25) is 0 Å². The number of ether oxygens (including phenoxy) is 2. The smallest absolute Gasteiger partial charge is 0.333 e. The lowest BCUT2D eigenvalue weighted by molar-refractivity contribution is -0.159. The minimum Gasteiger partial charge on any atom is -0.428 e. The van der Waals surface area contributed by atoms with E-state index < -0.39 is 6.29 Å². The zero-order valence-corrected chi connectivity index (χ0v) is 7.66. The molecule has 1 rings (SSSR count). The van der Waals surface area contributed by atoms with E-state index >= 15 is 0 Å². The van der Waals surface area contributed by atoms with Crippen molar-refractivity contribution >= 4 is 5.97 Å². The average Bonchev–Trinajstić information content (AvgIpc) is 2.32. The first-order valence-corrected chi connectivity index (χ1v) is 4.18. The molecule has 0 aromatic heterocycles. The molecule has 0 saturated heterocycles. The van der Waals surface area contributed by atoms with Gasteiger partial charge in [-0.2, -0.15) is 0 Å². The van der Waals surface area contributed by atoms with Crippen molar-refractivity contribution in [1.82, 2.24) is 0 Å². The monoisotopic (exact) mass is 170 g/mol. The van der Waals surface area contributed by atoms with Crippen LogP contribution >= 0.6 is 0 Å². The Morgan fingerprint density at radius 3 is 2.83 bits per heavy atom. The third kappa shape index (κ3) is 1.85. The Bertz CT molecular complexity index is 206. The van der Waals surface area contributed by atoms with Gasteiger partial charge in [-0.1, -0.05) is 13.8 Å². The lowest BCUT2D eigenvalue weighted by Crippen LogP contribution is -2.18. The zero-order chi connectivity index (χ0) is 9.14. The standard InChI is InChI=1S/C9H14O3/c1-4-11-9-7(6(2)3)5-8(10)12-9/h5-6,9H,4H2,1-3H3. The van der Waals surface area contributed by atoms with Gasteiger partial charge in [-0.25, -0.2) is 4.79 Å². The highest BCUT2D eigenvalue weighted by Gasteiger charge is 2.27. The summed E-state index contributed by atoms with van der Waals surface area (Å²) in [6.07, 6.45) is 1.08. The van der Waals surface area contributed by atoms with E-state index in [0.29, 0.717) is 12.5 Å². The molecule has 0 N–H and O–H groups in total. The van der Waals surface area contributed by atoms with Crippen molar-refractivity contribution in [3.63, 3.8) is 0 Å². The van der Waals surface area contributed by atoms with Crippen molar-refractivity contribution < 1.29 is 14.3 Å². The number of hydrogen-bond acceptors (Lipinski definition) is 3. The fourth-order valence-electron chi connectivity index (χ4n) is 1.13. The van der Waals surface area contributed by atoms with Crippen molar-refractivity contribution in [2.45, 2.75) is 27.1 Å². The highest BCUT2D eigenvalue weighted by molar-refractivity contribution is 5.85. The van der Waals surface area contributed by atoms with Crippen LogP contribution in [0, 0.1) is 5.92 Å². The molecule has 0 radical (unpaired) electrons. The van der Waals surface area contributed by atoms with Crippen molar-refractivity contribution in [3.8, 4) is 0 Å². The molecular formula is C9H14O3. The van der Waals surface area contributed by atoms with Crippen molar-refractivity contribution in [2.75, 3.05) is 6.61 Å². The summed E-state index contributed by atoms with van der Waals surface area (Å²) in [6, 6.07) is 0. The number of hydrogen-bond donors (Lipinski definition) is 0. The average molecular weight is 170 g/mol. The van der Waals surface area contributed by atoms with E-state index in [1.54, 1.807) is 0 Å². The Balaban J connectivity index is 2.66. The van der Waals surface area contributed by atoms with Crippen molar-refractivity contribution in [1.29, 1.82) is 0 Å².